The average Bonchev–Trinajstić information content (AvgIpc) is 4.03. The van der Waals surface area contributed by atoms with Gasteiger partial charge >= 0.3 is 0 Å². The van der Waals surface area contributed by atoms with Crippen molar-refractivity contribution in [3.05, 3.63) is 229 Å². The lowest BCUT2D eigenvalue weighted by atomic mass is 9.89. The van der Waals surface area contributed by atoms with Gasteiger partial charge in [-0.1, -0.05) is 176 Å². The maximum Gasteiger partial charge on any atom is 0.166 e. The van der Waals surface area contributed by atoms with Gasteiger partial charge in [0.05, 0.1) is 22.3 Å². The van der Waals surface area contributed by atoms with Crippen LogP contribution in [0, 0.1) is 0 Å². The number of benzene rings is 10. The Bertz CT molecular complexity index is 4100. The van der Waals surface area contributed by atoms with E-state index in [-0.39, 0.29) is 5.92 Å². The van der Waals surface area contributed by atoms with Crippen LogP contribution >= 0.6 is 0 Å². The van der Waals surface area contributed by atoms with Crippen LogP contribution in [-0.2, 0) is 6.42 Å². The van der Waals surface area contributed by atoms with E-state index in [2.05, 4.69) is 205 Å². The van der Waals surface area contributed by atoms with E-state index < -0.39 is 0 Å². The molecule has 1 unspecified atom stereocenters. The number of hydrogen-bond acceptors (Lipinski definition) is 4. The summed E-state index contributed by atoms with van der Waals surface area (Å²) in [6.45, 7) is 0. The molecule has 0 bridgehead atoms. The molecule has 10 aromatic carbocycles. The lowest BCUT2D eigenvalue weighted by Crippen LogP contribution is -2.05. The Kier molecular flexibility index (Phi) is 8.04. The molecule has 0 amide bonds. The second-order valence-electron chi connectivity index (χ2n) is 17.4. The van der Waals surface area contributed by atoms with E-state index in [1.54, 1.807) is 0 Å². The van der Waals surface area contributed by atoms with Gasteiger partial charge in [0, 0.05) is 38.6 Å². The Morgan fingerprint density at radius 2 is 1.02 bits per heavy atom. The summed E-state index contributed by atoms with van der Waals surface area (Å²) in [7, 11) is 0. The lowest BCUT2D eigenvalue weighted by Gasteiger charge is -2.17. The molecule has 0 radical (unpaired) electrons. The summed E-state index contributed by atoms with van der Waals surface area (Å²) in [5.74, 6) is 1.99. The van der Waals surface area contributed by atoms with E-state index in [4.69, 9.17) is 19.4 Å². The summed E-state index contributed by atoms with van der Waals surface area (Å²) in [5, 5.41) is 8.91. The summed E-state index contributed by atoms with van der Waals surface area (Å²) >= 11 is 0. The molecular weight excluding hydrogens is 805 g/mol. The Balaban J connectivity index is 1.10. The minimum atomic E-state index is 0.182. The minimum absolute atomic E-state index is 0.182. The summed E-state index contributed by atoms with van der Waals surface area (Å²) in [6.07, 6.45) is 0.894. The lowest BCUT2D eigenvalue weighted by molar-refractivity contribution is 0.669. The van der Waals surface area contributed by atoms with Crippen LogP contribution in [0.5, 0.6) is 0 Å². The third-order valence-electron chi connectivity index (χ3n) is 13.8. The van der Waals surface area contributed by atoms with Crippen LogP contribution in [0.3, 0.4) is 0 Å². The topological polar surface area (TPSA) is 56.7 Å². The fraction of sp³-hybridized carbons (Fsp3) is 0.0328. The maximum atomic E-state index is 6.69. The first-order valence-corrected chi connectivity index (χ1v) is 22.6. The van der Waals surface area contributed by atoms with Gasteiger partial charge < -0.3 is 8.98 Å². The van der Waals surface area contributed by atoms with E-state index in [9.17, 15) is 0 Å². The highest BCUT2D eigenvalue weighted by Crippen LogP contribution is 2.51. The van der Waals surface area contributed by atoms with Crippen LogP contribution in [-0.4, -0.2) is 19.5 Å². The van der Waals surface area contributed by atoms with Crippen LogP contribution in [0.25, 0.3) is 116 Å². The van der Waals surface area contributed by atoms with Crippen molar-refractivity contribution >= 4 is 65.3 Å². The predicted octanol–water partition coefficient (Wildman–Crippen LogP) is 15.5. The molecule has 1 atom stereocenters. The van der Waals surface area contributed by atoms with Crippen molar-refractivity contribution in [1.82, 2.24) is 19.5 Å². The number of aromatic nitrogens is 4. The smallest absolute Gasteiger partial charge is 0.166 e. The van der Waals surface area contributed by atoms with E-state index in [0.29, 0.717) is 17.5 Å². The van der Waals surface area contributed by atoms with Crippen molar-refractivity contribution in [2.45, 2.75) is 12.3 Å². The second kappa shape index (κ2) is 14.4. The monoisotopic (exact) mass is 842 g/mol. The highest BCUT2D eigenvalue weighted by atomic mass is 16.3. The Morgan fingerprint density at radius 1 is 0.394 bits per heavy atom. The van der Waals surface area contributed by atoms with Gasteiger partial charge in [-0.05, 0) is 92.2 Å². The number of hydrogen-bond donors (Lipinski definition) is 0. The van der Waals surface area contributed by atoms with E-state index in [0.717, 1.165) is 72.5 Å². The molecule has 0 aliphatic heterocycles. The van der Waals surface area contributed by atoms with Gasteiger partial charge in [-0.15, -0.1) is 0 Å². The molecule has 0 saturated carbocycles. The molecule has 0 fully saturated rings. The van der Waals surface area contributed by atoms with Crippen molar-refractivity contribution in [2.75, 3.05) is 0 Å². The minimum Gasteiger partial charge on any atom is -0.456 e. The number of rotatable bonds is 6. The van der Waals surface area contributed by atoms with E-state index in [1.807, 2.05) is 12.1 Å². The van der Waals surface area contributed by atoms with Gasteiger partial charge in [0.15, 0.2) is 17.5 Å². The normalized spacial score (nSPS) is 13.4. The second-order valence-corrected chi connectivity index (χ2v) is 17.4. The highest BCUT2D eigenvalue weighted by Gasteiger charge is 2.32. The first kappa shape index (κ1) is 36.8. The van der Waals surface area contributed by atoms with Crippen LogP contribution in [0.4, 0.5) is 0 Å². The Morgan fingerprint density at radius 3 is 1.89 bits per heavy atom. The molecule has 5 nitrogen and oxygen atoms in total. The molecule has 5 heteroatoms. The van der Waals surface area contributed by atoms with E-state index >= 15 is 0 Å². The van der Waals surface area contributed by atoms with Crippen molar-refractivity contribution in [3.63, 3.8) is 0 Å². The maximum absolute atomic E-state index is 6.69. The van der Waals surface area contributed by atoms with Gasteiger partial charge in [-0.25, -0.2) is 15.0 Å². The van der Waals surface area contributed by atoms with Crippen molar-refractivity contribution in [2.24, 2.45) is 0 Å². The molecule has 3 aromatic heterocycles. The van der Waals surface area contributed by atoms with Gasteiger partial charge in [-0.3, -0.25) is 0 Å². The van der Waals surface area contributed by atoms with Crippen LogP contribution in [0.1, 0.15) is 22.6 Å². The van der Waals surface area contributed by atoms with Crippen molar-refractivity contribution < 1.29 is 4.42 Å². The fourth-order valence-electron chi connectivity index (χ4n) is 10.9. The number of fused-ring (bicyclic) bond motifs is 11. The number of para-hydroxylation sites is 2. The zero-order valence-corrected chi connectivity index (χ0v) is 35.7. The molecule has 0 N–H and O–H groups in total. The molecule has 0 saturated heterocycles. The van der Waals surface area contributed by atoms with Gasteiger partial charge in [0.2, 0.25) is 0 Å². The van der Waals surface area contributed by atoms with Gasteiger partial charge in [0.25, 0.3) is 0 Å². The molecule has 14 rings (SSSR count). The number of furan rings is 1. The third-order valence-corrected chi connectivity index (χ3v) is 13.8. The Hall–Kier alpha value is -8.67. The number of nitrogens with zero attached hydrogens (tertiary/aromatic N) is 4. The van der Waals surface area contributed by atoms with Crippen LogP contribution in [0.15, 0.2) is 217 Å². The first-order valence-electron chi connectivity index (χ1n) is 22.6. The summed E-state index contributed by atoms with van der Waals surface area (Å²) < 4.78 is 9.09. The van der Waals surface area contributed by atoms with Gasteiger partial charge in [0.1, 0.15) is 11.2 Å². The van der Waals surface area contributed by atoms with Crippen molar-refractivity contribution in [3.8, 4) is 51.0 Å². The third kappa shape index (κ3) is 5.56. The molecule has 13 aromatic rings. The Labute approximate surface area is 379 Å². The molecule has 1 aliphatic rings. The SMILES string of the molecule is c1ccc(CC2c3ccccc3-c3c(-c4nc(-c5cccc6ccccc56)nc(-c5c(-n6c7ccccc7c7cc8ccccc8cc76)ccc6oc7ccccc7c56)n4)cccc32)cc1. The molecular formula is C61H38N4O. The summed E-state index contributed by atoms with van der Waals surface area (Å²) in [6, 6.07) is 75.8. The van der Waals surface area contributed by atoms with E-state index in [1.165, 1.54) is 49.4 Å². The van der Waals surface area contributed by atoms with Gasteiger partial charge in [-0.2, -0.15) is 0 Å². The molecule has 3 heterocycles. The van der Waals surface area contributed by atoms with Crippen LogP contribution in [0.2, 0.25) is 0 Å². The molecule has 0 spiro atoms. The highest BCUT2D eigenvalue weighted by molar-refractivity contribution is 6.17. The zero-order chi connectivity index (χ0) is 43.3. The zero-order valence-electron chi connectivity index (χ0n) is 35.7. The average molecular weight is 843 g/mol. The molecule has 308 valence electrons. The molecule has 1 aliphatic carbocycles. The fourth-order valence-corrected chi connectivity index (χ4v) is 10.9. The largest absolute Gasteiger partial charge is 0.456 e. The van der Waals surface area contributed by atoms with Crippen molar-refractivity contribution in [1.29, 1.82) is 0 Å². The summed E-state index contributed by atoms with van der Waals surface area (Å²) in [5.41, 5.74) is 13.9. The molecule has 66 heavy (non-hydrogen) atoms. The standard InChI is InChI=1S/C61H38N4O/c1-2-16-37(17-3-1)34-49-42-23-8-9-25-44(42)56-45(49)27-15-29-48(56)60-62-59(46-28-14-21-38-18-6-7-22-41(38)46)63-61(64-60)58-52(32-33-55-57(58)47-26-11-13-31-54(47)66-55)65-51-30-12-10-24-43(51)50-35-39-19-4-5-20-40(39)36-53(50)65/h1-33,35-36,49H,34H2. The predicted molar refractivity (Wildman–Crippen MR) is 270 cm³/mol. The quantitative estimate of drug-likeness (QED) is 0.167. The first-order chi connectivity index (χ1) is 32.7. The van der Waals surface area contributed by atoms with Crippen LogP contribution < -0.4 is 0 Å². The summed E-state index contributed by atoms with van der Waals surface area (Å²) in [4.78, 5) is 16.8.